The Morgan fingerprint density at radius 1 is 1.42 bits per heavy atom. The minimum absolute atomic E-state index is 0.197. The molecule has 0 saturated heterocycles. The van der Waals surface area contributed by atoms with E-state index in [1.807, 2.05) is 0 Å². The minimum Gasteiger partial charge on any atom is -0.287 e. The highest BCUT2D eigenvalue weighted by Gasteiger charge is 2.43. The second-order valence-electron chi connectivity index (χ2n) is 6.21. The van der Waals surface area contributed by atoms with E-state index in [-0.39, 0.29) is 29.2 Å². The summed E-state index contributed by atoms with van der Waals surface area (Å²) in [5, 5.41) is 4.24. The first-order valence-corrected chi connectivity index (χ1v) is 7.78. The molecule has 1 saturated carbocycles. The SMILES string of the molecule is Cc1cc(C(=O)c2c3c(nn2C)C(=O)[N+](C2CC2)=C=C3)ccc1F. The Bertz CT molecular complexity index is 976. The van der Waals surface area contributed by atoms with E-state index in [1.54, 1.807) is 24.6 Å². The van der Waals surface area contributed by atoms with Crippen LogP contribution in [0.4, 0.5) is 4.39 Å². The van der Waals surface area contributed by atoms with Gasteiger partial charge < -0.3 is 0 Å². The van der Waals surface area contributed by atoms with Crippen LogP contribution in [0.1, 0.15) is 50.5 Å². The van der Waals surface area contributed by atoms with Gasteiger partial charge in [-0.05, 0) is 30.7 Å². The number of fused-ring (bicyclic) bond motifs is 1. The van der Waals surface area contributed by atoms with E-state index in [0.717, 1.165) is 12.8 Å². The molecule has 6 heteroatoms. The second kappa shape index (κ2) is 5.08. The van der Waals surface area contributed by atoms with Crippen LogP contribution in [-0.4, -0.2) is 38.0 Å². The first-order chi connectivity index (χ1) is 11.5. The number of rotatable bonds is 3. The van der Waals surface area contributed by atoms with Gasteiger partial charge in [-0.25, -0.2) is 9.18 Å². The molecule has 2 heterocycles. The van der Waals surface area contributed by atoms with Crippen molar-refractivity contribution in [2.45, 2.75) is 25.8 Å². The molecule has 1 aliphatic carbocycles. The third kappa shape index (κ3) is 2.15. The van der Waals surface area contributed by atoms with Gasteiger partial charge in [0.1, 0.15) is 11.5 Å². The van der Waals surface area contributed by atoms with Gasteiger partial charge in [-0.3, -0.25) is 9.48 Å². The number of ketones is 1. The van der Waals surface area contributed by atoms with E-state index >= 15 is 0 Å². The summed E-state index contributed by atoms with van der Waals surface area (Å²) in [6.45, 7) is 1.61. The van der Waals surface area contributed by atoms with Crippen molar-refractivity contribution in [2.75, 3.05) is 0 Å². The molecule has 5 nitrogen and oxygen atoms in total. The Kier molecular flexibility index (Phi) is 3.11. The first kappa shape index (κ1) is 14.7. The predicted octanol–water partition coefficient (Wildman–Crippen LogP) is 2.11. The molecule has 0 atom stereocenters. The zero-order valence-electron chi connectivity index (χ0n) is 13.3. The molecule has 2 aliphatic rings. The van der Waals surface area contributed by atoms with Gasteiger partial charge in [0.05, 0.1) is 11.6 Å². The highest BCUT2D eigenvalue weighted by atomic mass is 19.1. The number of aromatic nitrogens is 2. The first-order valence-electron chi connectivity index (χ1n) is 7.78. The van der Waals surface area contributed by atoms with Crippen molar-refractivity contribution in [2.24, 2.45) is 7.05 Å². The molecule has 0 radical (unpaired) electrons. The van der Waals surface area contributed by atoms with E-state index in [9.17, 15) is 14.0 Å². The molecule has 1 aromatic carbocycles. The Morgan fingerprint density at radius 2 is 2.17 bits per heavy atom. The average molecular weight is 324 g/mol. The van der Waals surface area contributed by atoms with Crippen molar-refractivity contribution in [3.8, 4) is 0 Å². The van der Waals surface area contributed by atoms with Crippen LogP contribution in [0, 0.1) is 12.7 Å². The van der Waals surface area contributed by atoms with Crippen molar-refractivity contribution >= 4 is 23.6 Å². The second-order valence-corrected chi connectivity index (χ2v) is 6.21. The molecule has 0 bridgehead atoms. The highest BCUT2D eigenvalue weighted by Crippen LogP contribution is 2.28. The van der Waals surface area contributed by atoms with Gasteiger partial charge in [-0.2, -0.15) is 5.10 Å². The molecule has 0 spiro atoms. The van der Waals surface area contributed by atoms with Gasteiger partial charge >= 0.3 is 5.91 Å². The largest absolute Gasteiger partial charge is 0.449 e. The minimum atomic E-state index is -0.359. The van der Waals surface area contributed by atoms with E-state index in [2.05, 4.69) is 11.0 Å². The number of aryl methyl sites for hydroxylation is 2. The predicted molar refractivity (Wildman–Crippen MR) is 84.9 cm³/mol. The summed E-state index contributed by atoms with van der Waals surface area (Å²) in [4.78, 5) is 25.4. The Labute approximate surface area is 137 Å². The van der Waals surface area contributed by atoms with Crippen molar-refractivity contribution < 1.29 is 18.6 Å². The van der Waals surface area contributed by atoms with Crippen molar-refractivity contribution in [3.05, 3.63) is 52.1 Å². The molecule has 1 aliphatic heterocycles. The quantitative estimate of drug-likeness (QED) is 0.642. The van der Waals surface area contributed by atoms with Crippen LogP contribution in [0.5, 0.6) is 0 Å². The molecule has 1 fully saturated rings. The number of carbonyl (C=O) groups excluding carboxylic acids is 2. The summed E-state index contributed by atoms with van der Waals surface area (Å²) in [7, 11) is 1.63. The summed E-state index contributed by atoms with van der Waals surface area (Å²) in [6, 6.07) is 4.42. The van der Waals surface area contributed by atoms with E-state index in [0.29, 0.717) is 22.4 Å². The van der Waals surface area contributed by atoms with Gasteiger partial charge in [0.2, 0.25) is 11.5 Å². The van der Waals surface area contributed by atoms with Crippen LogP contribution in [0.15, 0.2) is 18.2 Å². The number of halogens is 1. The standard InChI is InChI=1S/C18H15FN3O2/c1-10-9-11(3-6-14(10)19)17(23)16-13-7-8-22(12-4-5-12)18(24)15(13)20-21(16)2/h3,6-7,9,12H,4-5H2,1-2H3/q+1. The summed E-state index contributed by atoms with van der Waals surface area (Å²) < 4.78 is 16.4. The number of hydrogen-bond donors (Lipinski definition) is 0. The summed E-state index contributed by atoms with van der Waals surface area (Å²) in [5.74, 6) is 2.09. The molecule has 4 rings (SSSR count). The van der Waals surface area contributed by atoms with Gasteiger partial charge in [0, 0.05) is 25.5 Å². The van der Waals surface area contributed by atoms with Crippen LogP contribution in [0.3, 0.4) is 0 Å². The molecule has 120 valence electrons. The lowest BCUT2D eigenvalue weighted by atomic mass is 10.0. The molecular weight excluding hydrogens is 309 g/mol. The van der Waals surface area contributed by atoms with Crippen molar-refractivity contribution in [1.82, 2.24) is 9.78 Å². The Morgan fingerprint density at radius 3 is 2.83 bits per heavy atom. The molecule has 0 N–H and O–H groups in total. The molecular formula is C18H15FN3O2+. The molecule has 0 unspecified atom stereocenters. The zero-order valence-corrected chi connectivity index (χ0v) is 13.3. The van der Waals surface area contributed by atoms with Crippen LogP contribution in [0.2, 0.25) is 0 Å². The number of hydrogen-bond acceptors (Lipinski definition) is 3. The van der Waals surface area contributed by atoms with Gasteiger partial charge in [-0.15, -0.1) is 4.58 Å². The fourth-order valence-electron chi connectivity index (χ4n) is 2.94. The molecule has 24 heavy (non-hydrogen) atoms. The maximum absolute atomic E-state index is 13.4. The molecule has 1 aromatic heterocycles. The van der Waals surface area contributed by atoms with Crippen LogP contribution in [0.25, 0.3) is 6.08 Å². The summed E-state index contributed by atoms with van der Waals surface area (Å²) >= 11 is 0. The van der Waals surface area contributed by atoms with Crippen LogP contribution >= 0.6 is 0 Å². The van der Waals surface area contributed by atoms with Crippen LogP contribution < -0.4 is 0 Å². The lowest BCUT2D eigenvalue weighted by Crippen LogP contribution is -2.26. The fourth-order valence-corrected chi connectivity index (χ4v) is 2.94. The van der Waals surface area contributed by atoms with Crippen molar-refractivity contribution in [3.63, 3.8) is 0 Å². The van der Waals surface area contributed by atoms with Crippen molar-refractivity contribution in [1.29, 1.82) is 0 Å². The van der Waals surface area contributed by atoms with Gasteiger partial charge in [0.25, 0.3) is 0 Å². The number of carbonyl (C=O) groups is 2. The van der Waals surface area contributed by atoms with E-state index in [1.165, 1.54) is 22.9 Å². The maximum atomic E-state index is 13.4. The topological polar surface area (TPSA) is 55.0 Å². The lowest BCUT2D eigenvalue weighted by Gasteiger charge is -2.05. The number of benzene rings is 1. The normalized spacial score (nSPS) is 16.1. The van der Waals surface area contributed by atoms with E-state index < -0.39 is 0 Å². The van der Waals surface area contributed by atoms with Crippen LogP contribution in [-0.2, 0) is 7.05 Å². The Hall–Kier alpha value is -2.85. The summed E-state index contributed by atoms with van der Waals surface area (Å²) in [6.07, 6.45) is 3.58. The maximum Gasteiger partial charge on any atom is 0.449 e. The molecule has 2 aromatic rings. The third-order valence-corrected chi connectivity index (χ3v) is 4.40. The van der Waals surface area contributed by atoms with Gasteiger partial charge in [0.15, 0.2) is 11.9 Å². The smallest absolute Gasteiger partial charge is 0.287 e. The molecule has 1 amide bonds. The lowest BCUT2D eigenvalue weighted by molar-refractivity contribution is -0.436. The zero-order chi connectivity index (χ0) is 17.0. The number of amides is 1. The monoisotopic (exact) mass is 324 g/mol. The number of nitrogens with zero attached hydrogens (tertiary/aromatic N) is 3. The van der Waals surface area contributed by atoms with Gasteiger partial charge in [-0.1, -0.05) is 0 Å². The fraction of sp³-hybridized carbons (Fsp3) is 0.278. The Balaban J connectivity index is 1.82. The highest BCUT2D eigenvalue weighted by molar-refractivity contribution is 6.13. The average Bonchev–Trinajstić information content (AvgIpc) is 3.32. The summed E-state index contributed by atoms with van der Waals surface area (Å²) in [5.41, 5.74) is 1.82. The third-order valence-electron chi connectivity index (χ3n) is 4.40. The van der Waals surface area contributed by atoms with E-state index in [4.69, 9.17) is 0 Å².